The first-order valence-electron chi connectivity index (χ1n) is 25.8. The molecule has 0 aromatic heterocycles. The van der Waals surface area contributed by atoms with Crippen molar-refractivity contribution in [3.8, 4) is 0 Å². The van der Waals surface area contributed by atoms with Crippen molar-refractivity contribution in [1.82, 2.24) is 16.0 Å². The van der Waals surface area contributed by atoms with Gasteiger partial charge in [0.1, 0.15) is 18.2 Å². The number of cyclic esters (lactones) is 1. The minimum absolute atomic E-state index is 0.0401. The van der Waals surface area contributed by atoms with Gasteiger partial charge in [0.2, 0.25) is 17.7 Å². The predicted octanol–water partition coefficient (Wildman–Crippen LogP) is 11.5. The van der Waals surface area contributed by atoms with Crippen LogP contribution in [0.2, 0.25) is 5.02 Å². The molecule has 4 N–H and O–H groups in total. The number of halogens is 1. The van der Waals surface area contributed by atoms with Crippen molar-refractivity contribution in [3.05, 3.63) is 262 Å². The number of allylic oxidation sites excluding steroid dienone is 1. The molecule has 0 spiro atoms. The number of thioether (sulfide) groups is 2. The van der Waals surface area contributed by atoms with Gasteiger partial charge in [0.05, 0.1) is 34.5 Å². The van der Waals surface area contributed by atoms with E-state index in [-0.39, 0.29) is 24.5 Å². The Morgan fingerprint density at radius 1 is 0.579 bits per heavy atom. The molecule has 1 saturated heterocycles. The molecule has 8 rings (SSSR count). The molecule has 1 heterocycles. The minimum atomic E-state index is -1.37. The van der Waals surface area contributed by atoms with Crippen LogP contribution in [-0.4, -0.2) is 70.6 Å². The highest BCUT2D eigenvalue weighted by molar-refractivity contribution is 8.00. The molecule has 0 radical (unpaired) electrons. The molecule has 1 fully saturated rings. The molecule has 76 heavy (non-hydrogen) atoms. The Hall–Kier alpha value is -6.89. The van der Waals surface area contributed by atoms with E-state index in [9.17, 15) is 24.3 Å². The summed E-state index contributed by atoms with van der Waals surface area (Å²) in [5.74, 6) is -2.10. The largest absolute Gasteiger partial charge is 0.457 e. The molecule has 1 aliphatic heterocycles. The Balaban J connectivity index is 1.09. The number of aliphatic hydroxyl groups is 1. The van der Waals surface area contributed by atoms with E-state index in [1.165, 1.54) is 11.8 Å². The molecule has 0 aliphatic carbocycles. The molecule has 3 amide bonds. The first kappa shape index (κ1) is 55.3. The number of hydrogen-bond acceptors (Lipinski definition) is 8. The molecular formula is C64H64ClN3O6S2. The standard InChI is InChI=1S/C64H64ClN3O6S2/c1-45(2)60-57(69)43-59(71)74-54(38-21-22-39-75-63(47-25-9-3-10-26-47,48-27-11-4-12-28-48)49-29-13-5-14-30-49)42-58(70)66-55(41-46-24-23-37-53(65)40-46)61(72)67-56(62(73)68-60)44-76-64(50-31-15-6-16-32-50,51-33-17-7-18-34-51)52-35-19-8-20-36-52/h3-21,23-38,40,45,54-57,60,69H,22,39,41-44H2,1-2H3,(H,66,70)(H,67,72)(H,68,73)/t54-,55-,56-,57+,60-/m1/s1. The molecule has 12 heteroatoms. The van der Waals surface area contributed by atoms with Gasteiger partial charge in [-0.05, 0) is 75.2 Å². The maximum absolute atomic E-state index is 14.9. The van der Waals surface area contributed by atoms with Crippen LogP contribution in [-0.2, 0) is 39.8 Å². The van der Waals surface area contributed by atoms with Gasteiger partial charge in [-0.2, -0.15) is 0 Å². The normalized spacial score (nSPS) is 19.2. The quantitative estimate of drug-likeness (QED) is 0.0307. The summed E-state index contributed by atoms with van der Waals surface area (Å²) >= 11 is 9.73. The van der Waals surface area contributed by atoms with E-state index in [0.717, 1.165) is 33.4 Å². The summed E-state index contributed by atoms with van der Waals surface area (Å²) in [6.45, 7) is 3.69. The fraction of sp³-hybridized carbons (Fsp3) is 0.250. The van der Waals surface area contributed by atoms with Crippen LogP contribution in [0.4, 0.5) is 0 Å². The van der Waals surface area contributed by atoms with Gasteiger partial charge in [-0.25, -0.2) is 0 Å². The zero-order valence-electron chi connectivity index (χ0n) is 42.7. The van der Waals surface area contributed by atoms with Crippen LogP contribution in [0.5, 0.6) is 0 Å². The molecule has 5 atom stereocenters. The minimum Gasteiger partial charge on any atom is -0.457 e. The SMILES string of the molecule is CC(C)[C@H]1NC(=O)[C@@H](CSC(c2ccccc2)(c2ccccc2)c2ccccc2)NC(=O)[C@@H](Cc2cccc(Cl)c2)NC(=O)C[C@@H](C=CCCSC(c2ccccc2)(c2ccccc2)c2ccccc2)OC(=O)C[C@@H]1O. The fourth-order valence-corrected chi connectivity index (χ4v) is 13.2. The van der Waals surface area contributed by atoms with Crippen LogP contribution in [0, 0.1) is 5.92 Å². The fourth-order valence-electron chi connectivity index (χ4n) is 9.91. The van der Waals surface area contributed by atoms with E-state index in [4.69, 9.17) is 16.3 Å². The van der Waals surface area contributed by atoms with Crippen molar-refractivity contribution in [2.24, 2.45) is 5.92 Å². The van der Waals surface area contributed by atoms with Gasteiger partial charge in [-0.15, -0.1) is 23.5 Å². The molecule has 9 nitrogen and oxygen atoms in total. The zero-order valence-corrected chi connectivity index (χ0v) is 45.1. The summed E-state index contributed by atoms with van der Waals surface area (Å²) in [7, 11) is 0. The summed E-state index contributed by atoms with van der Waals surface area (Å²) in [5, 5.41) is 21.2. The average molecular weight is 1070 g/mol. The summed E-state index contributed by atoms with van der Waals surface area (Å²) in [4.78, 5) is 58.1. The van der Waals surface area contributed by atoms with E-state index in [1.807, 2.05) is 98.8 Å². The number of rotatable bonds is 17. The second-order valence-corrected chi connectivity index (χ2v) is 22.2. The number of hydrogen-bond donors (Lipinski definition) is 4. The third kappa shape index (κ3) is 13.7. The Morgan fingerprint density at radius 2 is 1.03 bits per heavy atom. The van der Waals surface area contributed by atoms with Crippen molar-refractivity contribution in [2.45, 2.75) is 79.4 Å². The number of carbonyl (C=O) groups is 4. The molecule has 7 aromatic carbocycles. The van der Waals surface area contributed by atoms with Gasteiger partial charge in [-0.1, -0.05) is 226 Å². The number of ether oxygens (including phenoxy) is 1. The summed E-state index contributed by atoms with van der Waals surface area (Å²) in [6.07, 6.45) is 1.02. The molecule has 0 unspecified atom stereocenters. The maximum atomic E-state index is 14.9. The van der Waals surface area contributed by atoms with E-state index in [0.29, 0.717) is 22.8 Å². The van der Waals surface area contributed by atoms with Gasteiger partial charge in [0, 0.05) is 17.2 Å². The van der Waals surface area contributed by atoms with Crippen molar-refractivity contribution < 1.29 is 29.0 Å². The Labute approximate surface area is 460 Å². The van der Waals surface area contributed by atoms with Crippen LogP contribution in [0.1, 0.15) is 72.1 Å². The lowest BCUT2D eigenvalue weighted by Crippen LogP contribution is -2.58. The summed E-state index contributed by atoms with van der Waals surface area (Å²) in [6, 6.07) is 65.1. The first-order chi connectivity index (χ1) is 37.0. The van der Waals surface area contributed by atoms with E-state index >= 15 is 0 Å². The van der Waals surface area contributed by atoms with Crippen LogP contribution < -0.4 is 16.0 Å². The molecular weight excluding hydrogens is 1010 g/mol. The molecule has 390 valence electrons. The first-order valence-corrected chi connectivity index (χ1v) is 28.1. The highest BCUT2D eigenvalue weighted by atomic mass is 35.5. The van der Waals surface area contributed by atoms with E-state index < -0.39 is 69.9 Å². The van der Waals surface area contributed by atoms with Crippen molar-refractivity contribution in [2.75, 3.05) is 11.5 Å². The van der Waals surface area contributed by atoms with Gasteiger partial charge >= 0.3 is 5.97 Å². The topological polar surface area (TPSA) is 134 Å². The highest BCUT2D eigenvalue weighted by Gasteiger charge is 2.41. The van der Waals surface area contributed by atoms with Crippen molar-refractivity contribution in [3.63, 3.8) is 0 Å². The molecule has 1 aliphatic rings. The number of carbonyl (C=O) groups excluding carboxylic acids is 4. The maximum Gasteiger partial charge on any atom is 0.309 e. The number of benzene rings is 7. The number of aliphatic hydroxyl groups excluding tert-OH is 1. The Bertz CT molecular complexity index is 2810. The van der Waals surface area contributed by atoms with E-state index in [2.05, 4.69) is 125 Å². The van der Waals surface area contributed by atoms with Crippen molar-refractivity contribution >= 4 is 58.8 Å². The van der Waals surface area contributed by atoms with Gasteiger partial charge in [0.25, 0.3) is 0 Å². The monoisotopic (exact) mass is 1070 g/mol. The summed E-state index contributed by atoms with van der Waals surface area (Å²) < 4.78 is 4.61. The van der Waals surface area contributed by atoms with Crippen LogP contribution in [0.25, 0.3) is 0 Å². The smallest absolute Gasteiger partial charge is 0.309 e. The zero-order chi connectivity index (χ0) is 53.3. The number of nitrogens with one attached hydrogen (secondary N) is 3. The summed E-state index contributed by atoms with van der Waals surface area (Å²) in [5.41, 5.74) is 6.95. The van der Waals surface area contributed by atoms with Crippen LogP contribution in [0.15, 0.2) is 218 Å². The lowest BCUT2D eigenvalue weighted by molar-refractivity contribution is -0.151. The van der Waals surface area contributed by atoms with E-state index in [1.54, 1.807) is 36.0 Å². The average Bonchev–Trinajstić information content (AvgIpc) is 3.50. The third-order valence-electron chi connectivity index (χ3n) is 13.6. The van der Waals surface area contributed by atoms with Gasteiger partial charge in [0.15, 0.2) is 0 Å². The second-order valence-electron chi connectivity index (χ2n) is 19.2. The number of amides is 3. The third-order valence-corrected chi connectivity index (χ3v) is 17.1. The highest BCUT2D eigenvalue weighted by Crippen LogP contribution is 2.50. The lowest BCUT2D eigenvalue weighted by atomic mass is 9.84. The molecule has 7 aromatic rings. The second kappa shape index (κ2) is 26.7. The molecule has 0 bridgehead atoms. The van der Waals surface area contributed by atoms with Crippen LogP contribution >= 0.6 is 35.1 Å². The molecule has 0 saturated carbocycles. The van der Waals surface area contributed by atoms with Crippen LogP contribution in [0.3, 0.4) is 0 Å². The van der Waals surface area contributed by atoms with Gasteiger partial charge < -0.3 is 25.8 Å². The van der Waals surface area contributed by atoms with Crippen molar-refractivity contribution in [1.29, 1.82) is 0 Å². The van der Waals surface area contributed by atoms with Gasteiger partial charge in [-0.3, -0.25) is 19.2 Å². The predicted molar refractivity (Wildman–Crippen MR) is 308 cm³/mol. The lowest BCUT2D eigenvalue weighted by Gasteiger charge is -2.37. The Morgan fingerprint density at radius 3 is 1.47 bits per heavy atom. The Kier molecular flexibility index (Phi) is 19.5. The number of esters is 1.